The Labute approximate surface area is 153 Å². The Kier molecular flexibility index (Phi) is 5.19. The average Bonchev–Trinajstić information content (AvgIpc) is 3.07. The zero-order chi connectivity index (χ0) is 18.6. The molecule has 2 N–H and O–H groups in total. The normalized spacial score (nSPS) is 13.2. The molecule has 1 aromatic heterocycles. The molecule has 26 heavy (non-hydrogen) atoms. The monoisotopic (exact) mass is 349 g/mol. The number of hydrogen-bond acceptors (Lipinski definition) is 3. The molecular formula is C21H23N3O2. The molecule has 5 heteroatoms. The molecule has 0 saturated carbocycles. The second-order valence-electron chi connectivity index (χ2n) is 6.72. The lowest BCUT2D eigenvalue weighted by molar-refractivity contribution is -0.138. The van der Waals surface area contributed by atoms with E-state index in [2.05, 4.69) is 10.4 Å². The Bertz CT molecular complexity index is 885. The molecule has 5 nitrogen and oxygen atoms in total. The fraction of sp³-hybridized carbons (Fsp3) is 0.238. The summed E-state index contributed by atoms with van der Waals surface area (Å²) < 4.78 is 1.75. The number of carbonyl (C=O) groups excluding carboxylic acids is 1. The molecule has 0 radical (unpaired) electrons. The molecule has 0 bridgehead atoms. The number of rotatable bonds is 6. The number of hydrogen-bond donors (Lipinski definition) is 2. The summed E-state index contributed by atoms with van der Waals surface area (Å²) in [6.07, 6.45) is 4.03. The summed E-state index contributed by atoms with van der Waals surface area (Å²) >= 11 is 0. The van der Waals surface area contributed by atoms with Crippen LogP contribution in [0, 0.1) is 0 Å². The van der Waals surface area contributed by atoms with E-state index in [4.69, 9.17) is 0 Å². The first-order valence-electron chi connectivity index (χ1n) is 8.56. The Morgan fingerprint density at radius 2 is 1.85 bits per heavy atom. The summed E-state index contributed by atoms with van der Waals surface area (Å²) in [4.78, 5) is 12.4. The van der Waals surface area contributed by atoms with Crippen molar-refractivity contribution in [2.45, 2.75) is 25.5 Å². The van der Waals surface area contributed by atoms with E-state index in [-0.39, 0.29) is 12.3 Å². The lowest BCUT2D eigenvalue weighted by atomic mass is 9.95. The third-order valence-corrected chi connectivity index (χ3v) is 4.30. The van der Waals surface area contributed by atoms with Crippen molar-refractivity contribution in [1.82, 2.24) is 15.1 Å². The van der Waals surface area contributed by atoms with Gasteiger partial charge in [-0.2, -0.15) is 5.10 Å². The van der Waals surface area contributed by atoms with Gasteiger partial charge in [0.1, 0.15) is 5.60 Å². The van der Waals surface area contributed by atoms with Crippen molar-refractivity contribution in [3.05, 3.63) is 78.1 Å². The zero-order valence-electron chi connectivity index (χ0n) is 15.0. The molecule has 0 fully saturated rings. The summed E-state index contributed by atoms with van der Waals surface area (Å²) in [6.45, 7) is 1.90. The van der Waals surface area contributed by atoms with Crippen LogP contribution < -0.4 is 5.32 Å². The van der Waals surface area contributed by atoms with E-state index in [0.29, 0.717) is 6.54 Å². The Hall–Kier alpha value is -2.92. The summed E-state index contributed by atoms with van der Waals surface area (Å²) in [5.74, 6) is -0.381. The predicted molar refractivity (Wildman–Crippen MR) is 101 cm³/mol. The van der Waals surface area contributed by atoms with E-state index in [1.165, 1.54) is 0 Å². The van der Waals surface area contributed by atoms with Crippen LogP contribution in [-0.4, -0.2) is 26.4 Å². The van der Waals surface area contributed by atoms with Crippen LogP contribution in [0.15, 0.2) is 67.0 Å². The SMILES string of the molecule is Cn1cc(-c2cccc(CNC(=O)C(C)(O)Cc3ccccc3)c2)cn1. The number of nitrogens with one attached hydrogen (secondary N) is 1. The molecule has 0 spiro atoms. The van der Waals surface area contributed by atoms with Gasteiger partial charge in [-0.1, -0.05) is 48.5 Å². The second kappa shape index (κ2) is 7.54. The topological polar surface area (TPSA) is 67.2 Å². The van der Waals surface area contributed by atoms with Crippen LogP contribution in [0.5, 0.6) is 0 Å². The third-order valence-electron chi connectivity index (χ3n) is 4.30. The van der Waals surface area contributed by atoms with Gasteiger partial charge in [-0.05, 0) is 29.7 Å². The van der Waals surface area contributed by atoms with Gasteiger partial charge in [0.2, 0.25) is 0 Å². The van der Waals surface area contributed by atoms with E-state index in [1.807, 2.05) is 74.0 Å². The molecule has 1 amide bonds. The highest BCUT2D eigenvalue weighted by Gasteiger charge is 2.30. The summed E-state index contributed by atoms with van der Waals surface area (Å²) in [5.41, 5.74) is 2.50. The van der Waals surface area contributed by atoms with Crippen molar-refractivity contribution in [2.75, 3.05) is 0 Å². The lowest BCUT2D eigenvalue weighted by Crippen LogP contribution is -2.45. The van der Waals surface area contributed by atoms with Gasteiger partial charge in [0, 0.05) is 31.8 Å². The van der Waals surface area contributed by atoms with Crippen molar-refractivity contribution in [2.24, 2.45) is 7.05 Å². The first kappa shape index (κ1) is 17.9. The second-order valence-corrected chi connectivity index (χ2v) is 6.72. The highest BCUT2D eigenvalue weighted by Crippen LogP contribution is 2.20. The quantitative estimate of drug-likeness (QED) is 0.719. The standard InChI is InChI=1S/C21H23N3O2/c1-21(26,12-16-7-4-3-5-8-16)20(25)22-13-17-9-6-10-18(11-17)19-14-23-24(2)15-19/h3-11,14-15,26H,12-13H2,1-2H3,(H,22,25). The maximum atomic E-state index is 12.4. The summed E-state index contributed by atoms with van der Waals surface area (Å²) in [5, 5.41) is 17.5. The van der Waals surface area contributed by atoms with Gasteiger partial charge in [0.05, 0.1) is 6.20 Å². The molecule has 3 rings (SSSR count). The third kappa shape index (κ3) is 4.37. The fourth-order valence-electron chi connectivity index (χ4n) is 2.88. The minimum Gasteiger partial charge on any atom is -0.380 e. The smallest absolute Gasteiger partial charge is 0.252 e. The van der Waals surface area contributed by atoms with Gasteiger partial charge in [-0.3, -0.25) is 9.48 Å². The molecule has 134 valence electrons. The Morgan fingerprint density at radius 1 is 1.12 bits per heavy atom. The Morgan fingerprint density at radius 3 is 2.54 bits per heavy atom. The van der Waals surface area contributed by atoms with Crippen molar-refractivity contribution in [3.8, 4) is 11.1 Å². The van der Waals surface area contributed by atoms with Crippen molar-refractivity contribution < 1.29 is 9.90 Å². The number of aryl methyl sites for hydroxylation is 1. The zero-order valence-corrected chi connectivity index (χ0v) is 15.0. The average molecular weight is 349 g/mol. The maximum Gasteiger partial charge on any atom is 0.252 e. The van der Waals surface area contributed by atoms with Crippen molar-refractivity contribution in [1.29, 1.82) is 0 Å². The van der Waals surface area contributed by atoms with Crippen LogP contribution in [0.2, 0.25) is 0 Å². The maximum absolute atomic E-state index is 12.4. The van der Waals surface area contributed by atoms with Crippen LogP contribution in [0.25, 0.3) is 11.1 Å². The van der Waals surface area contributed by atoms with Crippen LogP contribution in [0.3, 0.4) is 0 Å². The fourth-order valence-corrected chi connectivity index (χ4v) is 2.88. The predicted octanol–water partition coefficient (Wildman–Crippen LogP) is 2.70. The number of amides is 1. The van der Waals surface area contributed by atoms with E-state index in [9.17, 15) is 9.90 Å². The molecule has 3 aromatic rings. The highest BCUT2D eigenvalue weighted by atomic mass is 16.3. The van der Waals surface area contributed by atoms with Gasteiger partial charge >= 0.3 is 0 Å². The van der Waals surface area contributed by atoms with Gasteiger partial charge in [0.15, 0.2) is 0 Å². The Balaban J connectivity index is 1.64. The van der Waals surface area contributed by atoms with Crippen LogP contribution in [0.4, 0.5) is 0 Å². The molecule has 0 aliphatic carbocycles. The van der Waals surface area contributed by atoms with Gasteiger partial charge < -0.3 is 10.4 Å². The number of carbonyl (C=O) groups is 1. The molecule has 1 heterocycles. The molecule has 0 saturated heterocycles. The van der Waals surface area contributed by atoms with Crippen LogP contribution in [0.1, 0.15) is 18.1 Å². The molecule has 1 unspecified atom stereocenters. The number of nitrogens with zero attached hydrogens (tertiary/aromatic N) is 2. The number of aliphatic hydroxyl groups is 1. The first-order chi connectivity index (χ1) is 12.4. The minimum atomic E-state index is -1.46. The van der Waals surface area contributed by atoms with Gasteiger partial charge in [-0.25, -0.2) is 0 Å². The molecule has 0 aliphatic rings. The van der Waals surface area contributed by atoms with Crippen molar-refractivity contribution >= 4 is 5.91 Å². The number of benzene rings is 2. The van der Waals surface area contributed by atoms with Gasteiger partial charge in [-0.15, -0.1) is 0 Å². The van der Waals surface area contributed by atoms with E-state index < -0.39 is 5.60 Å². The highest BCUT2D eigenvalue weighted by molar-refractivity contribution is 5.84. The van der Waals surface area contributed by atoms with Gasteiger partial charge in [0.25, 0.3) is 5.91 Å². The largest absolute Gasteiger partial charge is 0.380 e. The molecular weight excluding hydrogens is 326 g/mol. The van der Waals surface area contributed by atoms with Crippen LogP contribution in [-0.2, 0) is 24.8 Å². The van der Waals surface area contributed by atoms with E-state index >= 15 is 0 Å². The van der Waals surface area contributed by atoms with Crippen molar-refractivity contribution in [3.63, 3.8) is 0 Å². The molecule has 0 aliphatic heterocycles. The summed E-state index contributed by atoms with van der Waals surface area (Å²) in [6, 6.07) is 17.4. The first-order valence-corrected chi connectivity index (χ1v) is 8.56. The molecule has 2 aromatic carbocycles. The summed E-state index contributed by atoms with van der Waals surface area (Å²) in [7, 11) is 1.88. The molecule has 1 atom stereocenters. The van der Waals surface area contributed by atoms with E-state index in [1.54, 1.807) is 11.6 Å². The van der Waals surface area contributed by atoms with E-state index in [0.717, 1.165) is 22.3 Å². The lowest BCUT2D eigenvalue weighted by Gasteiger charge is -2.22. The van der Waals surface area contributed by atoms with Crippen LogP contribution >= 0.6 is 0 Å². The minimum absolute atomic E-state index is 0.273. The number of aromatic nitrogens is 2.